The minimum absolute atomic E-state index is 0.537. The van der Waals surface area contributed by atoms with Gasteiger partial charge in [-0.05, 0) is 31.6 Å². The lowest BCUT2D eigenvalue weighted by Crippen LogP contribution is -2.41. The van der Waals surface area contributed by atoms with Crippen LogP contribution in [0.4, 0.5) is 0 Å². The summed E-state index contributed by atoms with van der Waals surface area (Å²) in [7, 11) is 0. The summed E-state index contributed by atoms with van der Waals surface area (Å²) in [4.78, 5) is 4.45. The molecule has 2 heterocycles. The molecule has 2 rings (SSSR count). The number of hydrogen-bond acceptors (Lipinski definition) is 4. The van der Waals surface area contributed by atoms with E-state index in [1.54, 1.807) is 6.33 Å². The maximum absolute atomic E-state index is 4.45. The lowest BCUT2D eigenvalue weighted by Gasteiger charge is -2.30. The summed E-state index contributed by atoms with van der Waals surface area (Å²) in [6.45, 7) is 6.39. The molecule has 4 nitrogen and oxygen atoms in total. The topological polar surface area (TPSA) is 42.7 Å². The number of nitrogens with zero attached hydrogens (tertiary/aromatic N) is 3. The van der Waals surface area contributed by atoms with Crippen LogP contribution in [0.1, 0.15) is 45.4 Å². The Balaban J connectivity index is 2.00. The number of aryl methyl sites for hydroxylation is 1. The van der Waals surface area contributed by atoms with Crippen LogP contribution < -0.4 is 5.32 Å². The highest BCUT2D eigenvalue weighted by molar-refractivity contribution is 8.00. The summed E-state index contributed by atoms with van der Waals surface area (Å²) in [6, 6.07) is 0.537. The van der Waals surface area contributed by atoms with Crippen molar-refractivity contribution in [2.24, 2.45) is 0 Å². The molecule has 1 aromatic heterocycles. The van der Waals surface area contributed by atoms with Gasteiger partial charge in [-0.25, -0.2) is 4.98 Å². The summed E-state index contributed by atoms with van der Waals surface area (Å²) < 4.78 is 2.07. The third-order valence-electron chi connectivity index (χ3n) is 3.66. The highest BCUT2D eigenvalue weighted by Crippen LogP contribution is 2.28. The molecule has 108 valence electrons. The normalized spacial score (nSPS) is 21.5. The van der Waals surface area contributed by atoms with Gasteiger partial charge in [0.25, 0.3) is 0 Å². The van der Waals surface area contributed by atoms with Crippen molar-refractivity contribution in [3.05, 3.63) is 12.2 Å². The molecule has 0 radical (unpaired) electrons. The highest BCUT2D eigenvalue weighted by atomic mass is 32.2. The molecule has 1 saturated heterocycles. The van der Waals surface area contributed by atoms with Crippen LogP contribution in [0.5, 0.6) is 0 Å². The van der Waals surface area contributed by atoms with Crippen molar-refractivity contribution in [2.45, 2.75) is 63.8 Å². The third-order valence-corrected chi connectivity index (χ3v) is 5.18. The maximum atomic E-state index is 4.45. The van der Waals surface area contributed by atoms with Crippen molar-refractivity contribution in [1.29, 1.82) is 0 Å². The molecule has 1 N–H and O–H groups in total. The smallest absolute Gasteiger partial charge is 0.138 e. The average Bonchev–Trinajstić information content (AvgIpc) is 2.87. The van der Waals surface area contributed by atoms with Gasteiger partial charge >= 0.3 is 0 Å². The Labute approximate surface area is 120 Å². The van der Waals surface area contributed by atoms with Gasteiger partial charge in [-0.3, -0.25) is 4.68 Å². The molecule has 1 fully saturated rings. The standard InChI is InChI=1S/C14H26N4S/c1-3-8-18-14(16-11-17-18)10-12(15-4-2)13-7-5-6-9-19-13/h11-13,15H,3-10H2,1-2H3. The minimum atomic E-state index is 0.537. The molecule has 2 unspecified atom stereocenters. The number of nitrogens with one attached hydrogen (secondary N) is 1. The second kappa shape index (κ2) is 7.90. The van der Waals surface area contributed by atoms with E-state index >= 15 is 0 Å². The summed E-state index contributed by atoms with van der Waals surface area (Å²) in [5, 5.41) is 8.73. The molecule has 19 heavy (non-hydrogen) atoms. The summed E-state index contributed by atoms with van der Waals surface area (Å²) in [5.41, 5.74) is 0. The second-order valence-corrected chi connectivity index (χ2v) is 6.52. The van der Waals surface area contributed by atoms with E-state index in [1.165, 1.54) is 25.0 Å². The zero-order valence-electron chi connectivity index (χ0n) is 12.1. The van der Waals surface area contributed by atoms with Gasteiger partial charge < -0.3 is 5.32 Å². The molecular formula is C14H26N4S. The van der Waals surface area contributed by atoms with E-state index in [0.29, 0.717) is 6.04 Å². The predicted molar refractivity (Wildman–Crippen MR) is 81.6 cm³/mol. The molecule has 0 saturated carbocycles. The van der Waals surface area contributed by atoms with Gasteiger partial charge in [-0.2, -0.15) is 16.9 Å². The van der Waals surface area contributed by atoms with Gasteiger partial charge in [0.05, 0.1) is 0 Å². The summed E-state index contributed by atoms with van der Waals surface area (Å²) >= 11 is 2.13. The lowest BCUT2D eigenvalue weighted by atomic mass is 10.0. The molecule has 0 aromatic carbocycles. The highest BCUT2D eigenvalue weighted by Gasteiger charge is 2.25. The molecule has 2 atom stereocenters. The van der Waals surface area contributed by atoms with Gasteiger partial charge in [0.15, 0.2) is 0 Å². The number of hydrogen-bond donors (Lipinski definition) is 1. The first kappa shape index (κ1) is 14.9. The maximum Gasteiger partial charge on any atom is 0.138 e. The molecule has 1 aliphatic heterocycles. The van der Waals surface area contributed by atoms with Gasteiger partial charge in [-0.1, -0.05) is 20.3 Å². The van der Waals surface area contributed by atoms with Crippen molar-refractivity contribution in [1.82, 2.24) is 20.1 Å². The van der Waals surface area contributed by atoms with E-state index in [2.05, 4.69) is 45.7 Å². The number of rotatable bonds is 7. The van der Waals surface area contributed by atoms with E-state index in [-0.39, 0.29) is 0 Å². The van der Waals surface area contributed by atoms with E-state index in [0.717, 1.165) is 37.0 Å². The molecule has 0 amide bonds. The van der Waals surface area contributed by atoms with Crippen LogP contribution in [-0.2, 0) is 13.0 Å². The van der Waals surface area contributed by atoms with Crippen molar-refractivity contribution < 1.29 is 0 Å². The molecule has 5 heteroatoms. The summed E-state index contributed by atoms with van der Waals surface area (Å²) in [6.07, 6.45) is 7.91. The summed E-state index contributed by atoms with van der Waals surface area (Å²) in [5.74, 6) is 2.45. The van der Waals surface area contributed by atoms with Crippen LogP contribution in [0.2, 0.25) is 0 Å². The molecule has 1 aromatic rings. The molecule has 0 bridgehead atoms. The quantitative estimate of drug-likeness (QED) is 0.834. The number of aromatic nitrogens is 3. The Morgan fingerprint density at radius 2 is 2.37 bits per heavy atom. The fourth-order valence-electron chi connectivity index (χ4n) is 2.72. The average molecular weight is 282 g/mol. The van der Waals surface area contributed by atoms with Gasteiger partial charge in [-0.15, -0.1) is 0 Å². The molecule has 0 spiro atoms. The van der Waals surface area contributed by atoms with E-state index < -0.39 is 0 Å². The van der Waals surface area contributed by atoms with Crippen molar-refractivity contribution in [3.63, 3.8) is 0 Å². The van der Waals surface area contributed by atoms with Gasteiger partial charge in [0, 0.05) is 24.3 Å². The Kier molecular flexibility index (Phi) is 6.17. The number of likely N-dealkylation sites (N-methyl/N-ethyl adjacent to an activating group) is 1. The SMILES string of the molecule is CCCn1ncnc1CC(NCC)C1CCCCS1. The first-order valence-electron chi connectivity index (χ1n) is 7.56. The van der Waals surface area contributed by atoms with E-state index in [1.807, 2.05) is 0 Å². The second-order valence-electron chi connectivity index (χ2n) is 5.17. The van der Waals surface area contributed by atoms with Crippen LogP contribution in [0.25, 0.3) is 0 Å². The van der Waals surface area contributed by atoms with Gasteiger partial charge in [0.2, 0.25) is 0 Å². The predicted octanol–water partition coefficient (Wildman–Crippen LogP) is 2.49. The van der Waals surface area contributed by atoms with Crippen LogP contribution in [-0.4, -0.2) is 38.4 Å². The lowest BCUT2D eigenvalue weighted by molar-refractivity contribution is 0.448. The monoisotopic (exact) mass is 282 g/mol. The van der Waals surface area contributed by atoms with Crippen LogP contribution in [0.3, 0.4) is 0 Å². The van der Waals surface area contributed by atoms with E-state index in [9.17, 15) is 0 Å². The zero-order chi connectivity index (χ0) is 13.5. The largest absolute Gasteiger partial charge is 0.313 e. The van der Waals surface area contributed by atoms with Crippen molar-refractivity contribution >= 4 is 11.8 Å². The first-order valence-corrected chi connectivity index (χ1v) is 8.61. The Hall–Kier alpha value is -0.550. The first-order chi connectivity index (χ1) is 9.35. The minimum Gasteiger partial charge on any atom is -0.313 e. The van der Waals surface area contributed by atoms with Crippen molar-refractivity contribution in [2.75, 3.05) is 12.3 Å². The third kappa shape index (κ3) is 4.21. The van der Waals surface area contributed by atoms with Crippen molar-refractivity contribution in [3.8, 4) is 0 Å². The van der Waals surface area contributed by atoms with Crippen LogP contribution in [0.15, 0.2) is 6.33 Å². The van der Waals surface area contributed by atoms with Crippen LogP contribution in [0, 0.1) is 0 Å². The van der Waals surface area contributed by atoms with Crippen LogP contribution >= 0.6 is 11.8 Å². The fraction of sp³-hybridized carbons (Fsp3) is 0.857. The molecular weight excluding hydrogens is 256 g/mol. The zero-order valence-corrected chi connectivity index (χ0v) is 13.0. The Morgan fingerprint density at radius 1 is 1.47 bits per heavy atom. The van der Waals surface area contributed by atoms with Gasteiger partial charge in [0.1, 0.15) is 12.2 Å². The Morgan fingerprint density at radius 3 is 3.05 bits per heavy atom. The van der Waals surface area contributed by atoms with E-state index in [4.69, 9.17) is 0 Å². The number of thioether (sulfide) groups is 1. The Bertz CT molecular complexity index is 360. The fourth-order valence-corrected chi connectivity index (χ4v) is 4.15. The molecule has 1 aliphatic rings. The molecule has 0 aliphatic carbocycles.